The van der Waals surface area contributed by atoms with Gasteiger partial charge in [-0.2, -0.15) is 0 Å². The van der Waals surface area contributed by atoms with Crippen molar-refractivity contribution in [3.63, 3.8) is 0 Å². The highest BCUT2D eigenvalue weighted by Gasteiger charge is 1.97. The summed E-state index contributed by atoms with van der Waals surface area (Å²) in [5, 5.41) is 0. The summed E-state index contributed by atoms with van der Waals surface area (Å²) < 4.78 is 0. The molecule has 0 atom stereocenters. The summed E-state index contributed by atoms with van der Waals surface area (Å²) in [6.07, 6.45) is 3.72. The lowest BCUT2D eigenvalue weighted by molar-refractivity contribution is 0.619. The lowest BCUT2D eigenvalue weighted by atomic mass is 10.1. The number of amidine groups is 2. The lowest BCUT2D eigenvalue weighted by Crippen LogP contribution is -2.17. The molecule has 174 valence electrons. The minimum Gasteiger partial charge on any atom is -0.366 e. The van der Waals surface area contributed by atoms with E-state index in [0.29, 0.717) is 0 Å². The minimum absolute atomic E-state index is 0.889. The summed E-state index contributed by atoms with van der Waals surface area (Å²) in [7, 11) is 7.93. The van der Waals surface area contributed by atoms with Gasteiger partial charge in [-0.25, -0.2) is 9.98 Å². The van der Waals surface area contributed by atoms with Gasteiger partial charge in [0.15, 0.2) is 0 Å². The highest BCUT2D eigenvalue weighted by Crippen LogP contribution is 2.20. The Hall–Kier alpha value is -4.06. The quantitative estimate of drug-likeness (QED) is 0.320. The fourth-order valence-corrected chi connectivity index (χ4v) is 2.77. The first-order chi connectivity index (χ1) is 16.3. The van der Waals surface area contributed by atoms with Crippen molar-refractivity contribution in [2.75, 3.05) is 28.2 Å². The second kappa shape index (κ2) is 11.7. The summed E-state index contributed by atoms with van der Waals surface area (Å²) in [5.41, 5.74) is 5.67. The van der Waals surface area contributed by atoms with Crippen LogP contribution in [-0.2, 0) is 0 Å². The molecule has 0 spiro atoms. The maximum atomic E-state index is 4.56. The molecule has 0 bridgehead atoms. The van der Waals surface area contributed by atoms with E-state index >= 15 is 0 Å². The normalized spacial score (nSPS) is 12.5. The molecule has 0 N–H and O–H groups in total. The maximum absolute atomic E-state index is 4.56. The van der Waals surface area contributed by atoms with Crippen LogP contribution in [0, 0.1) is 0 Å². The zero-order chi connectivity index (χ0) is 24.5. The minimum atomic E-state index is 0.889. The third-order valence-electron chi connectivity index (χ3n) is 5.24. The summed E-state index contributed by atoms with van der Waals surface area (Å²) in [6.45, 7) is 3.97. The van der Waals surface area contributed by atoms with E-state index in [4.69, 9.17) is 0 Å². The molecule has 0 saturated carbocycles. The zero-order valence-corrected chi connectivity index (χ0v) is 20.8. The van der Waals surface area contributed by atoms with Gasteiger partial charge in [0.1, 0.15) is 11.7 Å². The Labute approximate surface area is 202 Å². The predicted molar refractivity (Wildman–Crippen MR) is 147 cm³/mol. The zero-order valence-electron chi connectivity index (χ0n) is 20.8. The number of hydrogen-bond acceptors (Lipinski definition) is 4. The van der Waals surface area contributed by atoms with Gasteiger partial charge in [-0.05, 0) is 73.5 Å². The monoisotopic (exact) mass is 452 g/mol. The average molecular weight is 453 g/mol. The third kappa shape index (κ3) is 7.52. The highest BCUT2D eigenvalue weighted by molar-refractivity contribution is 5.86. The van der Waals surface area contributed by atoms with Crippen LogP contribution in [0.5, 0.6) is 0 Å². The fraction of sp³-hybridized carbons (Fsp3) is 0.214. The number of nitrogens with zero attached hydrogens (tertiary/aromatic N) is 6. The molecule has 34 heavy (non-hydrogen) atoms. The molecule has 6 nitrogen and oxygen atoms in total. The molecule has 0 saturated heterocycles. The highest BCUT2D eigenvalue weighted by atomic mass is 15.1. The van der Waals surface area contributed by atoms with E-state index in [-0.39, 0.29) is 0 Å². The number of rotatable bonds is 6. The van der Waals surface area contributed by atoms with E-state index in [0.717, 1.165) is 45.5 Å². The molecule has 3 aromatic carbocycles. The first-order valence-corrected chi connectivity index (χ1v) is 11.1. The van der Waals surface area contributed by atoms with Gasteiger partial charge >= 0.3 is 0 Å². The van der Waals surface area contributed by atoms with E-state index in [1.165, 1.54) is 0 Å². The average Bonchev–Trinajstić information content (AvgIpc) is 2.83. The molecule has 0 heterocycles. The van der Waals surface area contributed by atoms with Gasteiger partial charge in [-0.3, -0.25) is 9.98 Å². The number of hydrogen-bond donors (Lipinski definition) is 0. The molecule has 0 fully saturated rings. The van der Waals surface area contributed by atoms with Crippen molar-refractivity contribution in [3.05, 3.63) is 83.9 Å². The summed E-state index contributed by atoms with van der Waals surface area (Å²) in [6, 6.07) is 23.9. The number of aliphatic imine (C=N–C) groups is 4. The van der Waals surface area contributed by atoms with Crippen molar-refractivity contribution in [2.24, 2.45) is 20.0 Å². The van der Waals surface area contributed by atoms with Gasteiger partial charge in [0.05, 0.1) is 22.7 Å². The topological polar surface area (TPSA) is 55.9 Å². The lowest BCUT2D eigenvalue weighted by Gasteiger charge is -2.10. The van der Waals surface area contributed by atoms with Crippen LogP contribution >= 0.6 is 0 Å². The van der Waals surface area contributed by atoms with Gasteiger partial charge in [0, 0.05) is 40.6 Å². The second-order valence-corrected chi connectivity index (χ2v) is 8.32. The Balaban J connectivity index is 1.60. The van der Waals surface area contributed by atoms with Crippen LogP contribution in [0.15, 0.2) is 92.8 Å². The molecular formula is C28H32N6. The molecule has 0 aromatic heterocycles. The van der Waals surface area contributed by atoms with Crippen LogP contribution in [0.3, 0.4) is 0 Å². The molecule has 3 rings (SSSR count). The van der Waals surface area contributed by atoms with Gasteiger partial charge in [-0.15, -0.1) is 0 Å². The Morgan fingerprint density at radius 3 is 1.09 bits per heavy atom. The van der Waals surface area contributed by atoms with Crippen LogP contribution < -0.4 is 0 Å². The smallest absolute Gasteiger partial charge is 0.101 e. The molecule has 0 aliphatic carbocycles. The number of benzene rings is 3. The van der Waals surface area contributed by atoms with Crippen LogP contribution in [0.2, 0.25) is 0 Å². The molecule has 0 aliphatic rings. The Morgan fingerprint density at radius 1 is 0.500 bits per heavy atom. The van der Waals surface area contributed by atoms with Gasteiger partial charge in [-0.1, -0.05) is 24.3 Å². The van der Waals surface area contributed by atoms with Crippen LogP contribution in [0.4, 0.5) is 22.7 Å². The predicted octanol–water partition coefficient (Wildman–Crippen LogP) is 6.41. The van der Waals surface area contributed by atoms with Crippen LogP contribution in [-0.4, -0.2) is 62.1 Å². The standard InChI is InChI=1S/C28H32N6/c1-21(33(3)4)31-27-15-11-25(12-16-27)29-19-23-7-9-24(10-8-23)20-30-26-13-17-28(18-14-26)32-22(2)34(5)6/h7-20H,1-6H3. The van der Waals surface area contributed by atoms with Crippen molar-refractivity contribution < 1.29 is 0 Å². The Kier molecular flexibility index (Phi) is 8.46. The molecular weight excluding hydrogens is 420 g/mol. The molecule has 0 radical (unpaired) electrons. The summed E-state index contributed by atoms with van der Waals surface area (Å²) in [5.74, 6) is 1.92. The Morgan fingerprint density at radius 2 is 0.794 bits per heavy atom. The van der Waals surface area contributed by atoms with E-state index in [9.17, 15) is 0 Å². The molecule has 6 heteroatoms. The van der Waals surface area contributed by atoms with E-state index in [2.05, 4.69) is 20.0 Å². The molecule has 0 unspecified atom stereocenters. The van der Waals surface area contributed by atoms with Gasteiger partial charge < -0.3 is 9.80 Å². The fourth-order valence-electron chi connectivity index (χ4n) is 2.77. The first kappa shape index (κ1) is 24.6. The van der Waals surface area contributed by atoms with E-state index in [1.54, 1.807) is 0 Å². The van der Waals surface area contributed by atoms with Crippen molar-refractivity contribution in [1.29, 1.82) is 0 Å². The van der Waals surface area contributed by atoms with E-state index < -0.39 is 0 Å². The molecule has 3 aromatic rings. The first-order valence-electron chi connectivity index (χ1n) is 11.1. The van der Waals surface area contributed by atoms with Crippen molar-refractivity contribution in [1.82, 2.24) is 9.80 Å². The van der Waals surface area contributed by atoms with Crippen molar-refractivity contribution in [3.8, 4) is 0 Å². The second-order valence-electron chi connectivity index (χ2n) is 8.32. The summed E-state index contributed by atoms with van der Waals surface area (Å²) >= 11 is 0. The Bertz CT molecular complexity index is 1090. The molecule has 0 aliphatic heterocycles. The van der Waals surface area contributed by atoms with E-state index in [1.807, 2.05) is 137 Å². The van der Waals surface area contributed by atoms with Gasteiger partial charge in [0.2, 0.25) is 0 Å². The maximum Gasteiger partial charge on any atom is 0.101 e. The van der Waals surface area contributed by atoms with Crippen molar-refractivity contribution >= 4 is 46.8 Å². The van der Waals surface area contributed by atoms with Gasteiger partial charge in [0.25, 0.3) is 0 Å². The summed E-state index contributed by atoms with van der Waals surface area (Å²) in [4.78, 5) is 22.2. The largest absolute Gasteiger partial charge is 0.366 e. The van der Waals surface area contributed by atoms with Crippen LogP contribution in [0.1, 0.15) is 25.0 Å². The molecule has 0 amide bonds. The van der Waals surface area contributed by atoms with Crippen LogP contribution in [0.25, 0.3) is 0 Å². The SMILES string of the molecule is CC(=Nc1ccc(N=Cc2ccc(C=Nc3ccc(N=C(C)N(C)C)cc3)cc2)cc1)N(C)C. The third-order valence-corrected chi connectivity index (χ3v) is 5.24. The van der Waals surface area contributed by atoms with Crippen molar-refractivity contribution in [2.45, 2.75) is 13.8 Å².